The summed E-state index contributed by atoms with van der Waals surface area (Å²) in [7, 11) is 0. The molecule has 0 spiro atoms. The fraction of sp³-hybridized carbons (Fsp3) is 0.727. The highest BCUT2D eigenvalue weighted by Crippen LogP contribution is 2.39. The Morgan fingerprint density at radius 3 is 2.82 bits per heavy atom. The first-order valence-electron chi connectivity index (χ1n) is 5.73. The second-order valence-corrected chi connectivity index (χ2v) is 6.30. The summed E-state index contributed by atoms with van der Waals surface area (Å²) in [6.45, 7) is 3.54. The van der Waals surface area contributed by atoms with Crippen molar-refractivity contribution in [1.82, 2.24) is 10.2 Å². The van der Waals surface area contributed by atoms with Crippen molar-refractivity contribution in [2.24, 2.45) is 0 Å². The zero-order valence-corrected chi connectivity index (χ0v) is 10.8. The zero-order chi connectivity index (χ0) is 12.6. The van der Waals surface area contributed by atoms with Crippen LogP contribution in [0.1, 0.15) is 26.7 Å². The first-order valence-corrected chi connectivity index (χ1v) is 6.71. The molecule has 2 fully saturated rings. The molecule has 0 radical (unpaired) electrons. The second kappa shape index (κ2) is 4.33. The Balaban J connectivity index is 2.17. The molecule has 0 aliphatic carbocycles. The molecule has 2 atom stereocenters. The summed E-state index contributed by atoms with van der Waals surface area (Å²) in [5.41, 5.74) is 0. The van der Waals surface area contributed by atoms with Crippen LogP contribution in [0.3, 0.4) is 0 Å². The van der Waals surface area contributed by atoms with E-state index in [9.17, 15) is 14.4 Å². The molecule has 2 heterocycles. The van der Waals surface area contributed by atoms with E-state index in [0.29, 0.717) is 0 Å². The topological polar surface area (TPSA) is 66.5 Å². The molecule has 94 valence electrons. The third-order valence-electron chi connectivity index (χ3n) is 3.36. The Hall–Kier alpha value is -1.04. The van der Waals surface area contributed by atoms with Gasteiger partial charge in [-0.2, -0.15) is 0 Å². The van der Waals surface area contributed by atoms with E-state index in [-0.39, 0.29) is 18.4 Å². The third kappa shape index (κ3) is 2.18. The minimum atomic E-state index is -0.557. The van der Waals surface area contributed by atoms with Crippen LogP contribution in [0.25, 0.3) is 0 Å². The quantitative estimate of drug-likeness (QED) is 0.678. The minimum absolute atomic E-state index is 0.0120. The molecular formula is C11H16N2O3S. The molecule has 2 unspecified atom stereocenters. The number of imide groups is 1. The second-order valence-electron chi connectivity index (χ2n) is 4.70. The lowest BCUT2D eigenvalue weighted by Gasteiger charge is -2.36. The minimum Gasteiger partial charge on any atom is -0.320 e. The van der Waals surface area contributed by atoms with Gasteiger partial charge in [-0.1, -0.05) is 0 Å². The van der Waals surface area contributed by atoms with Crippen molar-refractivity contribution in [1.29, 1.82) is 0 Å². The van der Waals surface area contributed by atoms with Crippen molar-refractivity contribution in [2.75, 3.05) is 12.3 Å². The van der Waals surface area contributed by atoms with Crippen LogP contribution in [0.5, 0.6) is 0 Å². The molecule has 0 aromatic rings. The van der Waals surface area contributed by atoms with Gasteiger partial charge in [0.1, 0.15) is 12.6 Å². The average Bonchev–Trinajstić information content (AvgIpc) is 2.71. The van der Waals surface area contributed by atoms with Crippen molar-refractivity contribution < 1.29 is 14.4 Å². The zero-order valence-electron chi connectivity index (χ0n) is 9.99. The fourth-order valence-electron chi connectivity index (χ4n) is 2.21. The van der Waals surface area contributed by atoms with Gasteiger partial charge in [0.2, 0.25) is 17.7 Å². The maximum Gasteiger partial charge on any atom is 0.249 e. The first-order chi connectivity index (χ1) is 7.94. The lowest BCUT2D eigenvalue weighted by Crippen LogP contribution is -2.61. The number of rotatable bonds is 1. The van der Waals surface area contributed by atoms with Crippen LogP contribution in [0.15, 0.2) is 0 Å². The van der Waals surface area contributed by atoms with Gasteiger partial charge in [0, 0.05) is 0 Å². The van der Waals surface area contributed by atoms with E-state index >= 15 is 0 Å². The maximum absolute atomic E-state index is 12.4. The third-order valence-corrected chi connectivity index (χ3v) is 4.86. The molecule has 17 heavy (non-hydrogen) atoms. The van der Waals surface area contributed by atoms with E-state index in [1.165, 1.54) is 4.90 Å². The molecule has 2 aliphatic heterocycles. The van der Waals surface area contributed by atoms with Crippen molar-refractivity contribution in [2.45, 2.75) is 37.5 Å². The molecule has 2 aliphatic rings. The van der Waals surface area contributed by atoms with Crippen LogP contribution >= 0.6 is 11.8 Å². The monoisotopic (exact) mass is 256 g/mol. The number of nitrogens with zero attached hydrogens (tertiary/aromatic N) is 1. The van der Waals surface area contributed by atoms with E-state index < -0.39 is 16.7 Å². The van der Waals surface area contributed by atoms with Crippen molar-refractivity contribution >= 4 is 29.5 Å². The lowest BCUT2D eigenvalue weighted by atomic mass is 10.0. The van der Waals surface area contributed by atoms with Crippen molar-refractivity contribution in [3.8, 4) is 0 Å². The number of piperazine rings is 1. The van der Waals surface area contributed by atoms with Crippen LogP contribution in [-0.2, 0) is 14.4 Å². The van der Waals surface area contributed by atoms with Gasteiger partial charge in [0.25, 0.3) is 0 Å². The van der Waals surface area contributed by atoms with E-state index in [1.54, 1.807) is 18.7 Å². The van der Waals surface area contributed by atoms with Crippen molar-refractivity contribution in [3.63, 3.8) is 0 Å². The van der Waals surface area contributed by atoms with E-state index in [1.807, 2.05) is 6.92 Å². The Bertz CT molecular complexity index is 377. The van der Waals surface area contributed by atoms with Gasteiger partial charge in [0.15, 0.2) is 0 Å². The number of hydrogen-bond donors (Lipinski definition) is 1. The van der Waals surface area contributed by atoms with Crippen LogP contribution in [0, 0.1) is 0 Å². The van der Waals surface area contributed by atoms with Crippen LogP contribution in [0.4, 0.5) is 0 Å². The molecule has 0 bridgehead atoms. The smallest absolute Gasteiger partial charge is 0.249 e. The lowest BCUT2D eigenvalue weighted by molar-refractivity contribution is -0.150. The Labute approximate surface area is 104 Å². The number of hydrogen-bond acceptors (Lipinski definition) is 4. The molecule has 0 aromatic carbocycles. The molecule has 0 aromatic heterocycles. The van der Waals surface area contributed by atoms with E-state index in [2.05, 4.69) is 5.32 Å². The van der Waals surface area contributed by atoms with Gasteiger partial charge in [-0.3, -0.25) is 19.7 Å². The Kier molecular flexibility index (Phi) is 3.16. The predicted octanol–water partition coefficient (Wildman–Crippen LogP) is 0.146. The van der Waals surface area contributed by atoms with Crippen LogP contribution in [-0.4, -0.2) is 45.7 Å². The summed E-state index contributed by atoms with van der Waals surface area (Å²) in [6, 6.07) is -0.557. The first kappa shape index (κ1) is 12.4. The molecule has 2 rings (SSSR count). The van der Waals surface area contributed by atoms with Gasteiger partial charge in [-0.15, -0.1) is 11.8 Å². The van der Waals surface area contributed by atoms with Crippen LogP contribution < -0.4 is 5.32 Å². The SMILES string of the molecule is CC1C(=O)NC(=O)CN1C(=O)C1(C)CCCS1. The predicted molar refractivity (Wildman–Crippen MR) is 64.4 cm³/mol. The normalized spacial score (nSPS) is 33.8. The summed E-state index contributed by atoms with van der Waals surface area (Å²) in [5.74, 6) is 0.0925. The van der Waals surface area contributed by atoms with E-state index in [0.717, 1.165) is 18.6 Å². The fourth-order valence-corrected chi connectivity index (χ4v) is 3.48. The standard InChI is InChI=1S/C11H16N2O3S/c1-7-9(15)12-8(14)6-13(7)10(16)11(2)4-3-5-17-11/h7H,3-6H2,1-2H3,(H,12,14,15). The van der Waals surface area contributed by atoms with E-state index in [4.69, 9.17) is 0 Å². The molecule has 1 N–H and O–H groups in total. The summed E-state index contributed by atoms with van der Waals surface area (Å²) in [5, 5.41) is 2.24. The number of carbonyl (C=O) groups is 3. The number of carbonyl (C=O) groups excluding carboxylic acids is 3. The summed E-state index contributed by atoms with van der Waals surface area (Å²) in [4.78, 5) is 36.6. The number of thioether (sulfide) groups is 1. The molecule has 0 saturated carbocycles. The Morgan fingerprint density at radius 1 is 1.53 bits per heavy atom. The highest BCUT2D eigenvalue weighted by atomic mass is 32.2. The highest BCUT2D eigenvalue weighted by Gasteiger charge is 2.44. The molecular weight excluding hydrogens is 240 g/mol. The average molecular weight is 256 g/mol. The summed E-state index contributed by atoms with van der Waals surface area (Å²) in [6.07, 6.45) is 1.82. The highest BCUT2D eigenvalue weighted by molar-refractivity contribution is 8.01. The van der Waals surface area contributed by atoms with Gasteiger partial charge >= 0.3 is 0 Å². The Morgan fingerprint density at radius 2 is 2.24 bits per heavy atom. The van der Waals surface area contributed by atoms with Crippen molar-refractivity contribution in [3.05, 3.63) is 0 Å². The molecule has 6 heteroatoms. The van der Waals surface area contributed by atoms with Gasteiger partial charge in [-0.25, -0.2) is 0 Å². The number of amides is 3. The number of nitrogens with one attached hydrogen (secondary N) is 1. The molecule has 2 saturated heterocycles. The summed E-state index contributed by atoms with van der Waals surface area (Å²) < 4.78 is -0.466. The van der Waals surface area contributed by atoms with Crippen LogP contribution in [0.2, 0.25) is 0 Å². The molecule has 3 amide bonds. The van der Waals surface area contributed by atoms with Gasteiger partial charge in [-0.05, 0) is 32.4 Å². The van der Waals surface area contributed by atoms with Gasteiger partial charge in [0.05, 0.1) is 4.75 Å². The largest absolute Gasteiger partial charge is 0.320 e. The molecule has 5 nitrogen and oxygen atoms in total. The summed E-state index contributed by atoms with van der Waals surface area (Å²) >= 11 is 1.62. The van der Waals surface area contributed by atoms with Gasteiger partial charge < -0.3 is 4.90 Å². The maximum atomic E-state index is 12.4.